The molecule has 0 fully saturated rings. The zero-order valence-electron chi connectivity index (χ0n) is 10.6. The molecule has 0 saturated heterocycles. The van der Waals surface area contributed by atoms with Gasteiger partial charge in [-0.3, -0.25) is 10.1 Å². The van der Waals surface area contributed by atoms with Gasteiger partial charge in [-0.15, -0.1) is 0 Å². The van der Waals surface area contributed by atoms with Crippen molar-refractivity contribution in [3.8, 4) is 11.8 Å². The monoisotopic (exact) mass is 290 g/mol. The van der Waals surface area contributed by atoms with Gasteiger partial charge in [0.05, 0.1) is 10.7 Å². The number of nitrogens with one attached hydrogen (secondary N) is 1. The van der Waals surface area contributed by atoms with Crippen molar-refractivity contribution in [1.29, 1.82) is 0 Å². The van der Waals surface area contributed by atoms with Crippen molar-refractivity contribution in [3.05, 3.63) is 46.3 Å². The number of carbonyl (C=O) groups is 1. The third-order valence-electron chi connectivity index (χ3n) is 2.37. The van der Waals surface area contributed by atoms with E-state index in [2.05, 4.69) is 22.1 Å². The summed E-state index contributed by atoms with van der Waals surface area (Å²) in [6.45, 7) is 1.51. The molecule has 0 atom stereocenters. The van der Waals surface area contributed by atoms with Crippen LogP contribution in [0.1, 0.15) is 21.6 Å². The van der Waals surface area contributed by atoms with Crippen molar-refractivity contribution in [2.75, 3.05) is 11.9 Å². The van der Waals surface area contributed by atoms with Gasteiger partial charge in [0.25, 0.3) is 5.91 Å². The summed E-state index contributed by atoms with van der Waals surface area (Å²) in [5.41, 5.74) is 1.58. The molecule has 6 heteroatoms. The maximum Gasteiger partial charge on any atom is 0.301 e. The lowest BCUT2D eigenvalue weighted by atomic mass is 10.1. The standard InChI is InChI=1S/C14H11ClN2O3/c1-9-8-20-14(16-9)17-13(19)11-5-4-10(3-2-6-18)12(15)7-11/h4-5,7-8,18H,6H2,1H3,(H,16,17,19). The molecule has 2 aromatic rings. The zero-order valence-corrected chi connectivity index (χ0v) is 11.4. The number of aryl methyl sites for hydroxylation is 1. The second-order valence-corrected chi connectivity index (χ2v) is 4.31. The van der Waals surface area contributed by atoms with Crippen LogP contribution in [0.2, 0.25) is 5.02 Å². The topological polar surface area (TPSA) is 75.4 Å². The Balaban J connectivity index is 2.16. The number of rotatable bonds is 2. The van der Waals surface area contributed by atoms with E-state index >= 15 is 0 Å². The van der Waals surface area contributed by atoms with Gasteiger partial charge in [0.2, 0.25) is 0 Å². The smallest absolute Gasteiger partial charge is 0.301 e. The van der Waals surface area contributed by atoms with E-state index in [0.29, 0.717) is 21.8 Å². The van der Waals surface area contributed by atoms with E-state index in [1.807, 2.05) is 0 Å². The average Bonchev–Trinajstić information content (AvgIpc) is 2.82. The lowest BCUT2D eigenvalue weighted by molar-refractivity contribution is 0.102. The Morgan fingerprint density at radius 2 is 2.35 bits per heavy atom. The number of oxazole rings is 1. The minimum absolute atomic E-state index is 0.132. The molecule has 5 nitrogen and oxygen atoms in total. The number of hydrogen-bond acceptors (Lipinski definition) is 4. The zero-order chi connectivity index (χ0) is 14.5. The Morgan fingerprint density at radius 3 is 2.95 bits per heavy atom. The third-order valence-corrected chi connectivity index (χ3v) is 2.69. The molecule has 0 aliphatic carbocycles. The molecule has 0 aliphatic heterocycles. The molecule has 1 aromatic heterocycles. The summed E-state index contributed by atoms with van der Waals surface area (Å²) in [5.74, 6) is 4.80. The van der Waals surface area contributed by atoms with Gasteiger partial charge in [-0.1, -0.05) is 23.4 Å². The maximum absolute atomic E-state index is 12.0. The number of hydrogen-bond donors (Lipinski definition) is 2. The largest absolute Gasteiger partial charge is 0.432 e. The Hall–Kier alpha value is -2.29. The lowest BCUT2D eigenvalue weighted by Crippen LogP contribution is -2.12. The predicted octanol–water partition coefficient (Wildman–Crippen LogP) is 2.23. The average molecular weight is 291 g/mol. The number of aromatic nitrogens is 1. The molecule has 1 heterocycles. The van der Waals surface area contributed by atoms with Gasteiger partial charge in [0.1, 0.15) is 12.9 Å². The normalized spacial score (nSPS) is 9.75. The van der Waals surface area contributed by atoms with Crippen molar-refractivity contribution < 1.29 is 14.3 Å². The molecule has 2 N–H and O–H groups in total. The quantitative estimate of drug-likeness (QED) is 0.832. The molecule has 2 rings (SSSR count). The Labute approximate surface area is 120 Å². The third kappa shape index (κ3) is 3.38. The molecule has 20 heavy (non-hydrogen) atoms. The summed E-state index contributed by atoms with van der Waals surface area (Å²) in [4.78, 5) is 15.9. The number of anilines is 1. The first-order valence-electron chi connectivity index (χ1n) is 5.73. The molecule has 0 aliphatic rings. The molecular formula is C14H11ClN2O3. The highest BCUT2D eigenvalue weighted by Crippen LogP contribution is 2.18. The summed E-state index contributed by atoms with van der Waals surface area (Å²) < 4.78 is 5.04. The first kappa shape index (κ1) is 14.1. The SMILES string of the molecule is Cc1coc(NC(=O)c2ccc(C#CCO)c(Cl)c2)n1. The van der Waals surface area contributed by atoms with Gasteiger partial charge < -0.3 is 9.52 Å². The van der Waals surface area contributed by atoms with Gasteiger partial charge in [0.15, 0.2) is 0 Å². The molecule has 102 valence electrons. The van der Waals surface area contributed by atoms with Crippen LogP contribution < -0.4 is 5.32 Å². The summed E-state index contributed by atoms with van der Waals surface area (Å²) in [7, 11) is 0. The van der Waals surface area contributed by atoms with Crippen LogP contribution in [0.25, 0.3) is 0 Å². The fraction of sp³-hybridized carbons (Fsp3) is 0.143. The summed E-state index contributed by atoms with van der Waals surface area (Å²) in [5, 5.41) is 11.5. The molecule has 0 spiro atoms. The maximum atomic E-state index is 12.0. The number of nitrogens with zero attached hydrogens (tertiary/aromatic N) is 1. The molecule has 0 saturated carbocycles. The van der Waals surface area contributed by atoms with Crippen LogP contribution in [0.3, 0.4) is 0 Å². The lowest BCUT2D eigenvalue weighted by Gasteiger charge is -2.03. The second kappa shape index (κ2) is 6.24. The second-order valence-electron chi connectivity index (χ2n) is 3.90. The predicted molar refractivity (Wildman–Crippen MR) is 74.6 cm³/mol. The van der Waals surface area contributed by atoms with Gasteiger partial charge >= 0.3 is 6.01 Å². The minimum atomic E-state index is -0.379. The Morgan fingerprint density at radius 1 is 1.55 bits per heavy atom. The summed E-state index contributed by atoms with van der Waals surface area (Å²) in [6.07, 6.45) is 1.44. The fourth-order valence-corrected chi connectivity index (χ4v) is 1.70. The van der Waals surface area contributed by atoms with E-state index < -0.39 is 0 Å². The molecule has 1 aromatic carbocycles. The van der Waals surface area contributed by atoms with Gasteiger partial charge in [-0.25, -0.2) is 0 Å². The van der Waals surface area contributed by atoms with E-state index in [1.165, 1.54) is 12.3 Å². The molecule has 1 amide bonds. The van der Waals surface area contributed by atoms with Crippen LogP contribution in [-0.2, 0) is 0 Å². The minimum Gasteiger partial charge on any atom is -0.432 e. The van der Waals surface area contributed by atoms with Crippen molar-refractivity contribution in [1.82, 2.24) is 4.98 Å². The fourth-order valence-electron chi connectivity index (χ4n) is 1.47. The van der Waals surface area contributed by atoms with Crippen LogP contribution in [0.15, 0.2) is 28.9 Å². The van der Waals surface area contributed by atoms with Gasteiger partial charge in [-0.05, 0) is 25.1 Å². The number of carbonyl (C=O) groups excluding carboxylic acids is 1. The highest BCUT2D eigenvalue weighted by atomic mass is 35.5. The Kier molecular flexibility index (Phi) is 4.41. The van der Waals surface area contributed by atoms with Crippen LogP contribution in [-0.4, -0.2) is 22.6 Å². The molecule has 0 radical (unpaired) electrons. The molecular weight excluding hydrogens is 280 g/mol. The first-order valence-corrected chi connectivity index (χ1v) is 6.10. The molecule has 0 unspecified atom stereocenters. The van der Waals surface area contributed by atoms with Gasteiger partial charge in [0, 0.05) is 11.1 Å². The summed E-state index contributed by atoms with van der Waals surface area (Å²) >= 11 is 6.01. The van der Waals surface area contributed by atoms with Crippen molar-refractivity contribution >= 4 is 23.5 Å². The highest BCUT2D eigenvalue weighted by molar-refractivity contribution is 6.32. The number of aliphatic hydroxyl groups is 1. The van der Waals surface area contributed by atoms with Crippen molar-refractivity contribution in [2.24, 2.45) is 0 Å². The van der Waals surface area contributed by atoms with E-state index in [1.54, 1.807) is 19.1 Å². The number of benzene rings is 1. The first-order chi connectivity index (χ1) is 9.60. The van der Waals surface area contributed by atoms with E-state index in [4.69, 9.17) is 21.1 Å². The van der Waals surface area contributed by atoms with E-state index in [9.17, 15) is 4.79 Å². The molecule has 0 bridgehead atoms. The van der Waals surface area contributed by atoms with Crippen LogP contribution in [0, 0.1) is 18.8 Å². The Bertz CT molecular complexity index is 698. The van der Waals surface area contributed by atoms with E-state index in [0.717, 1.165) is 0 Å². The van der Waals surface area contributed by atoms with Crippen LogP contribution >= 0.6 is 11.6 Å². The highest BCUT2D eigenvalue weighted by Gasteiger charge is 2.11. The van der Waals surface area contributed by atoms with Crippen molar-refractivity contribution in [3.63, 3.8) is 0 Å². The number of aliphatic hydroxyl groups excluding tert-OH is 1. The van der Waals surface area contributed by atoms with Gasteiger partial charge in [-0.2, -0.15) is 4.98 Å². The van der Waals surface area contributed by atoms with Crippen LogP contribution in [0.5, 0.6) is 0 Å². The van der Waals surface area contributed by atoms with Crippen molar-refractivity contribution in [2.45, 2.75) is 6.92 Å². The van der Waals surface area contributed by atoms with Crippen LogP contribution in [0.4, 0.5) is 6.01 Å². The van der Waals surface area contributed by atoms with E-state index in [-0.39, 0.29) is 18.5 Å². The number of halogens is 1. The summed E-state index contributed by atoms with van der Waals surface area (Å²) in [6, 6.07) is 4.82. The number of amides is 1.